The number of amides is 4. The van der Waals surface area contributed by atoms with Crippen LogP contribution in [0.25, 0.3) is 0 Å². The van der Waals surface area contributed by atoms with E-state index in [1.165, 1.54) is 11.9 Å². The largest absolute Gasteiger partial charge is 0.347 e. The quantitative estimate of drug-likeness (QED) is 0.831. The number of nitrogens with one attached hydrogen (secondary N) is 1. The van der Waals surface area contributed by atoms with Crippen LogP contribution in [-0.4, -0.2) is 47.8 Å². The Bertz CT molecular complexity index is 500. The number of rotatable bonds is 4. The predicted molar refractivity (Wildman–Crippen MR) is 70.6 cm³/mol. The highest BCUT2D eigenvalue weighted by molar-refractivity contribution is 7.10. The van der Waals surface area contributed by atoms with Crippen LogP contribution < -0.4 is 5.32 Å². The zero-order valence-corrected chi connectivity index (χ0v) is 11.6. The zero-order valence-electron chi connectivity index (χ0n) is 10.8. The van der Waals surface area contributed by atoms with Gasteiger partial charge in [0.15, 0.2) is 0 Å². The first-order chi connectivity index (χ1) is 8.99. The lowest BCUT2D eigenvalue weighted by Crippen LogP contribution is -2.41. The molecule has 0 radical (unpaired) electrons. The third-order valence-corrected chi connectivity index (χ3v) is 3.94. The summed E-state index contributed by atoms with van der Waals surface area (Å²) in [6, 6.07) is 3.28. The fourth-order valence-corrected chi connectivity index (χ4v) is 2.60. The molecule has 4 amide bonds. The first-order valence-electron chi connectivity index (χ1n) is 5.87. The van der Waals surface area contributed by atoms with E-state index in [0.717, 1.165) is 9.78 Å². The highest BCUT2D eigenvalue weighted by Gasteiger charge is 2.34. The topological polar surface area (TPSA) is 69.7 Å². The molecule has 7 heteroatoms. The van der Waals surface area contributed by atoms with Gasteiger partial charge in [-0.3, -0.25) is 14.5 Å². The van der Waals surface area contributed by atoms with Crippen molar-refractivity contribution in [1.82, 2.24) is 15.1 Å². The molecule has 2 rings (SSSR count). The van der Waals surface area contributed by atoms with Gasteiger partial charge in [-0.1, -0.05) is 6.07 Å². The van der Waals surface area contributed by atoms with Gasteiger partial charge in [0.25, 0.3) is 5.91 Å². The Balaban J connectivity index is 1.91. The monoisotopic (exact) mass is 281 g/mol. The van der Waals surface area contributed by atoms with Gasteiger partial charge in [0.05, 0.1) is 6.04 Å². The zero-order chi connectivity index (χ0) is 14.0. The molecule has 19 heavy (non-hydrogen) atoms. The molecule has 1 N–H and O–H groups in total. The SMILES string of the molecule is C[C@@H](NC(=O)CN1C(=O)CN(C)C1=O)c1cccs1. The first kappa shape index (κ1) is 13.5. The van der Waals surface area contributed by atoms with Crippen LogP contribution >= 0.6 is 11.3 Å². The minimum atomic E-state index is -0.427. The maximum atomic E-state index is 11.8. The second-order valence-electron chi connectivity index (χ2n) is 4.42. The molecule has 6 nitrogen and oxygen atoms in total. The lowest BCUT2D eigenvalue weighted by molar-refractivity contribution is -0.131. The van der Waals surface area contributed by atoms with E-state index in [9.17, 15) is 14.4 Å². The number of carbonyl (C=O) groups excluding carboxylic acids is 3. The number of hydrogen-bond acceptors (Lipinski definition) is 4. The third kappa shape index (κ3) is 2.93. The smallest absolute Gasteiger partial charge is 0.327 e. The van der Waals surface area contributed by atoms with E-state index < -0.39 is 6.03 Å². The lowest BCUT2D eigenvalue weighted by atomic mass is 10.2. The fourth-order valence-electron chi connectivity index (χ4n) is 1.86. The molecule has 0 aromatic carbocycles. The summed E-state index contributed by atoms with van der Waals surface area (Å²) in [5.41, 5.74) is 0. The molecule has 0 spiro atoms. The summed E-state index contributed by atoms with van der Waals surface area (Å²) in [5, 5.41) is 4.70. The van der Waals surface area contributed by atoms with Gasteiger partial charge in [0.2, 0.25) is 5.91 Å². The Kier molecular flexibility index (Phi) is 3.84. The predicted octanol–water partition coefficient (Wildman–Crippen LogP) is 0.819. The summed E-state index contributed by atoms with van der Waals surface area (Å²) in [6.45, 7) is 1.67. The lowest BCUT2D eigenvalue weighted by Gasteiger charge is -2.16. The van der Waals surface area contributed by atoms with E-state index in [0.29, 0.717) is 0 Å². The minimum Gasteiger partial charge on any atom is -0.347 e. The normalized spacial score (nSPS) is 16.9. The number of nitrogens with zero attached hydrogens (tertiary/aromatic N) is 2. The molecular weight excluding hydrogens is 266 g/mol. The number of urea groups is 1. The van der Waals surface area contributed by atoms with Gasteiger partial charge < -0.3 is 10.2 Å². The van der Waals surface area contributed by atoms with Crippen molar-refractivity contribution < 1.29 is 14.4 Å². The average Bonchev–Trinajstić information content (AvgIpc) is 2.94. The van der Waals surface area contributed by atoms with E-state index in [1.54, 1.807) is 11.3 Å². The van der Waals surface area contributed by atoms with Crippen molar-refractivity contribution >= 4 is 29.2 Å². The van der Waals surface area contributed by atoms with Gasteiger partial charge in [-0.2, -0.15) is 0 Å². The van der Waals surface area contributed by atoms with Crippen molar-refractivity contribution in [3.8, 4) is 0 Å². The van der Waals surface area contributed by atoms with Crippen molar-refractivity contribution in [3.63, 3.8) is 0 Å². The number of likely N-dealkylation sites (N-methyl/N-ethyl adjacent to an activating group) is 1. The molecule has 0 unspecified atom stereocenters. The summed E-state index contributed by atoms with van der Waals surface area (Å²) < 4.78 is 0. The van der Waals surface area contributed by atoms with Gasteiger partial charge in [-0.15, -0.1) is 11.3 Å². The van der Waals surface area contributed by atoms with E-state index in [-0.39, 0.29) is 30.9 Å². The molecule has 0 aliphatic carbocycles. The number of carbonyl (C=O) groups is 3. The highest BCUT2D eigenvalue weighted by atomic mass is 32.1. The van der Waals surface area contributed by atoms with Gasteiger partial charge in [0.1, 0.15) is 13.1 Å². The van der Waals surface area contributed by atoms with Crippen LogP contribution in [-0.2, 0) is 9.59 Å². The average molecular weight is 281 g/mol. The van der Waals surface area contributed by atoms with Crippen LogP contribution in [0.4, 0.5) is 4.79 Å². The molecule has 2 heterocycles. The number of imide groups is 1. The van der Waals surface area contributed by atoms with Crippen LogP contribution in [0.5, 0.6) is 0 Å². The van der Waals surface area contributed by atoms with Crippen LogP contribution in [0.3, 0.4) is 0 Å². The second-order valence-corrected chi connectivity index (χ2v) is 5.40. The van der Waals surface area contributed by atoms with Gasteiger partial charge >= 0.3 is 6.03 Å². The summed E-state index contributed by atoms with van der Waals surface area (Å²) >= 11 is 1.55. The van der Waals surface area contributed by atoms with E-state index in [1.807, 2.05) is 24.4 Å². The van der Waals surface area contributed by atoms with Crippen LogP contribution in [0.2, 0.25) is 0 Å². The Labute approximate surface area is 115 Å². The van der Waals surface area contributed by atoms with Crippen LogP contribution in [0.15, 0.2) is 17.5 Å². The van der Waals surface area contributed by atoms with Gasteiger partial charge in [0, 0.05) is 11.9 Å². The molecule has 0 bridgehead atoms. The van der Waals surface area contributed by atoms with Crippen molar-refractivity contribution in [2.75, 3.05) is 20.1 Å². The Morgan fingerprint density at radius 3 is 2.79 bits per heavy atom. The maximum absolute atomic E-state index is 11.8. The Hall–Kier alpha value is -1.89. The van der Waals surface area contributed by atoms with E-state index >= 15 is 0 Å². The Morgan fingerprint density at radius 2 is 2.26 bits per heavy atom. The summed E-state index contributed by atoms with van der Waals surface area (Å²) in [7, 11) is 1.53. The van der Waals surface area contributed by atoms with Crippen molar-refractivity contribution in [3.05, 3.63) is 22.4 Å². The third-order valence-electron chi connectivity index (χ3n) is 2.88. The fraction of sp³-hybridized carbons (Fsp3) is 0.417. The van der Waals surface area contributed by atoms with E-state index in [2.05, 4.69) is 5.32 Å². The molecule has 102 valence electrons. The second kappa shape index (κ2) is 5.40. The standard InChI is InChI=1S/C12H15N3O3S/c1-8(9-4-3-5-19-9)13-10(16)6-15-11(17)7-14(2)12(15)18/h3-5,8H,6-7H2,1-2H3,(H,13,16)/t8-/m1/s1. The van der Waals surface area contributed by atoms with Gasteiger partial charge in [-0.25, -0.2) is 4.79 Å². The minimum absolute atomic E-state index is 0.0343. The van der Waals surface area contributed by atoms with Gasteiger partial charge in [-0.05, 0) is 18.4 Å². The summed E-state index contributed by atoms with van der Waals surface area (Å²) in [5.74, 6) is -0.677. The summed E-state index contributed by atoms with van der Waals surface area (Å²) in [6.07, 6.45) is 0. The summed E-state index contributed by atoms with van der Waals surface area (Å²) in [4.78, 5) is 38.3. The molecule has 1 aromatic heterocycles. The van der Waals surface area contributed by atoms with Crippen LogP contribution in [0.1, 0.15) is 17.8 Å². The number of thiophene rings is 1. The molecule has 0 saturated carbocycles. The molecule has 1 atom stereocenters. The van der Waals surface area contributed by atoms with Crippen molar-refractivity contribution in [2.45, 2.75) is 13.0 Å². The van der Waals surface area contributed by atoms with E-state index in [4.69, 9.17) is 0 Å². The Morgan fingerprint density at radius 1 is 1.53 bits per heavy atom. The molecular formula is C12H15N3O3S. The highest BCUT2D eigenvalue weighted by Crippen LogP contribution is 2.18. The molecule has 1 aliphatic rings. The van der Waals surface area contributed by atoms with Crippen molar-refractivity contribution in [1.29, 1.82) is 0 Å². The van der Waals surface area contributed by atoms with Crippen molar-refractivity contribution in [2.24, 2.45) is 0 Å². The first-order valence-corrected chi connectivity index (χ1v) is 6.75. The molecule has 1 fully saturated rings. The number of hydrogen-bond donors (Lipinski definition) is 1. The van der Waals surface area contributed by atoms with Crippen LogP contribution in [0, 0.1) is 0 Å². The molecule has 1 aliphatic heterocycles. The maximum Gasteiger partial charge on any atom is 0.327 e. The molecule has 1 aromatic rings. The molecule has 1 saturated heterocycles.